The van der Waals surface area contributed by atoms with E-state index < -0.39 is 60.8 Å². The molecule has 412 valence electrons. The molecule has 15 heteroatoms. The van der Waals surface area contributed by atoms with Gasteiger partial charge in [0.05, 0.1) is 30.3 Å². The van der Waals surface area contributed by atoms with Crippen LogP contribution in [-0.4, -0.2) is 141 Å². The summed E-state index contributed by atoms with van der Waals surface area (Å²) in [4.78, 5) is 32.4. The van der Waals surface area contributed by atoms with Crippen molar-refractivity contribution < 1.29 is 46.6 Å². The zero-order valence-corrected chi connectivity index (χ0v) is 51.5. The van der Waals surface area contributed by atoms with E-state index >= 15 is 0 Å². The van der Waals surface area contributed by atoms with Crippen molar-refractivity contribution in [3.8, 4) is 0 Å². The third kappa shape index (κ3) is 18.3. The zero-order chi connectivity index (χ0) is 53.2. The summed E-state index contributed by atoms with van der Waals surface area (Å²) in [6.07, 6.45) is 10.9. The predicted octanol–water partition coefficient (Wildman–Crippen LogP) is 13.5. The maximum Gasteiger partial charge on any atom is 0.410 e. The van der Waals surface area contributed by atoms with Crippen LogP contribution in [0, 0.1) is 11.8 Å². The zero-order valence-electron chi connectivity index (χ0n) is 48.5. The first-order chi connectivity index (χ1) is 33.6. The molecule has 0 aromatic rings. The van der Waals surface area contributed by atoms with Crippen LogP contribution in [0.2, 0.25) is 54.4 Å². The Morgan fingerprint density at radius 3 is 1.99 bits per heavy atom. The number of epoxide rings is 1. The molecule has 2 fully saturated rings. The van der Waals surface area contributed by atoms with Crippen LogP contribution < -0.4 is 0 Å². The van der Waals surface area contributed by atoms with Gasteiger partial charge in [0.1, 0.15) is 11.7 Å². The summed E-state index contributed by atoms with van der Waals surface area (Å²) in [5.74, 6) is -0.290. The van der Waals surface area contributed by atoms with Crippen molar-refractivity contribution in [1.82, 2.24) is 9.80 Å². The van der Waals surface area contributed by atoms with E-state index in [0.29, 0.717) is 32.5 Å². The average Bonchev–Trinajstić information content (AvgIpc) is 4.13. The maximum atomic E-state index is 14.3. The van der Waals surface area contributed by atoms with Crippen molar-refractivity contribution in [2.24, 2.45) is 11.8 Å². The third-order valence-electron chi connectivity index (χ3n) is 17.2. The number of nitrogens with zero attached hydrogens (tertiary/aromatic N) is 2. The molecule has 1 amide bonds. The molecule has 3 aliphatic heterocycles. The highest BCUT2D eigenvalue weighted by atomic mass is 28.4. The number of carbonyl (C=O) groups excluding carboxylic acids is 2. The number of likely N-dealkylation sites (N-methyl/N-ethyl adjacent to an activating group) is 1. The summed E-state index contributed by atoms with van der Waals surface area (Å²) in [7, 11) is -3.95. The molecule has 0 N–H and O–H groups in total. The number of carbonyl (C=O) groups is 2. The quantitative estimate of drug-likeness (QED) is 0.0186. The van der Waals surface area contributed by atoms with Crippen molar-refractivity contribution in [2.75, 3.05) is 39.8 Å². The van der Waals surface area contributed by atoms with Crippen LogP contribution in [0.4, 0.5) is 4.79 Å². The Labute approximate surface area is 437 Å². The second-order valence-corrected chi connectivity index (χ2v) is 36.0. The minimum atomic E-state index is -2.17. The minimum absolute atomic E-state index is 0.0765. The molecule has 3 rings (SSSR count). The monoisotopic (exact) mass is 1050 g/mol. The summed E-state index contributed by atoms with van der Waals surface area (Å²) in [5.41, 5.74) is -0.678. The van der Waals surface area contributed by atoms with Gasteiger partial charge in [0.15, 0.2) is 37.3 Å². The largest absolute Gasteiger partial charge is 0.457 e. The second-order valence-electron chi connectivity index (χ2n) is 21.9. The topological polar surface area (TPSA) is 118 Å². The van der Waals surface area contributed by atoms with E-state index in [0.717, 1.165) is 85.9 Å². The number of rotatable bonds is 28. The summed E-state index contributed by atoms with van der Waals surface area (Å²) >= 11 is 0. The van der Waals surface area contributed by atoms with Crippen molar-refractivity contribution in [3.63, 3.8) is 0 Å². The van der Waals surface area contributed by atoms with Crippen molar-refractivity contribution in [1.29, 1.82) is 0 Å². The number of esters is 1. The number of amides is 1. The van der Waals surface area contributed by atoms with E-state index in [4.69, 9.17) is 37.0 Å². The Kier molecular flexibility index (Phi) is 26.5. The van der Waals surface area contributed by atoms with Gasteiger partial charge >= 0.3 is 12.1 Å². The van der Waals surface area contributed by atoms with E-state index in [2.05, 4.69) is 120 Å². The molecule has 3 aliphatic rings. The van der Waals surface area contributed by atoms with Gasteiger partial charge in [-0.2, -0.15) is 0 Å². The molecule has 0 aromatic heterocycles. The van der Waals surface area contributed by atoms with Gasteiger partial charge < -0.3 is 46.8 Å². The van der Waals surface area contributed by atoms with Crippen LogP contribution in [0.15, 0.2) is 36.0 Å². The number of ether oxygens (including phenoxy) is 5. The van der Waals surface area contributed by atoms with Gasteiger partial charge in [-0.1, -0.05) is 107 Å². The normalized spacial score (nSPS) is 28.3. The van der Waals surface area contributed by atoms with Crippen LogP contribution in [0.5, 0.6) is 0 Å². The molecule has 0 radical (unpaired) electrons. The Balaban J connectivity index is 2.10. The fourth-order valence-corrected chi connectivity index (χ4v) is 20.2. The molecule has 0 bridgehead atoms. The van der Waals surface area contributed by atoms with Crippen LogP contribution >= 0.6 is 0 Å². The maximum absolute atomic E-state index is 14.3. The Bertz CT molecular complexity index is 1660. The standard InChI is InChI=1S/C56H106N2O10Si3/c1-19-48(67-70(24-6,25-7)26-8)45(14)53-49(62-53)42-55(16,68-71(27-9,28-10)29-11)35-30-31-43(12)52-44(13)32-33-50(63-54(60)58-39-37-57(18)38-40-58)56(17,65-46(15)61-20-2)36-34-47(41-51(59)64-52)66-69(21-3,22-4)23-5/h30-33,35,44-50,52-53H,19-29,34,36-42H2,1-18H3/b33-32+,35-30+,43-31+/t44-,45+,46?,47+,48-,49-,50-,52+,53-,55-,56+/m0/s1. The highest BCUT2D eigenvalue weighted by Gasteiger charge is 2.51. The molecule has 3 heterocycles. The van der Waals surface area contributed by atoms with Gasteiger partial charge in [0, 0.05) is 57.1 Å². The van der Waals surface area contributed by atoms with Crippen LogP contribution in [-0.2, 0) is 41.8 Å². The first-order valence-electron chi connectivity index (χ1n) is 28.5. The van der Waals surface area contributed by atoms with E-state index in [1.54, 1.807) is 4.90 Å². The SMILES string of the molecule is CCOC(C)O[C@]1(C)CC[C@@H](O[Si](CC)(CC)CC)CC(=O)O[C@H](/C(C)=C/C=C/[C@@](C)(C[C@@H]2O[C@H]2[C@H](C)[C@H](CC)O[Si](CC)(CC)CC)O[Si](CC)(CC)CC)[C@@H](C)/C=C/[C@@H]1OC(=O)N1CCN(C)CC1. The van der Waals surface area contributed by atoms with Crippen LogP contribution in [0.25, 0.3) is 0 Å². The molecule has 71 heavy (non-hydrogen) atoms. The highest BCUT2D eigenvalue weighted by Crippen LogP contribution is 2.43. The van der Waals surface area contributed by atoms with Gasteiger partial charge in [-0.25, -0.2) is 4.79 Å². The van der Waals surface area contributed by atoms with Crippen molar-refractivity contribution in [2.45, 2.75) is 258 Å². The lowest BCUT2D eigenvalue weighted by Gasteiger charge is -2.41. The summed E-state index contributed by atoms with van der Waals surface area (Å²) < 4.78 is 54.0. The predicted molar refractivity (Wildman–Crippen MR) is 298 cm³/mol. The van der Waals surface area contributed by atoms with Gasteiger partial charge in [-0.05, 0) is 127 Å². The number of piperazine rings is 1. The third-order valence-corrected chi connectivity index (χ3v) is 31.3. The van der Waals surface area contributed by atoms with Crippen LogP contribution in [0.3, 0.4) is 0 Å². The Morgan fingerprint density at radius 2 is 1.45 bits per heavy atom. The van der Waals surface area contributed by atoms with E-state index in [1.807, 2.05) is 39.8 Å². The van der Waals surface area contributed by atoms with E-state index in [1.165, 1.54) is 0 Å². The molecule has 11 atom stereocenters. The van der Waals surface area contributed by atoms with E-state index in [9.17, 15) is 9.59 Å². The number of allylic oxidation sites excluding steroid dienone is 2. The molecule has 0 spiro atoms. The summed E-state index contributed by atoms with van der Waals surface area (Å²) in [6, 6.07) is 9.37. The smallest absolute Gasteiger partial charge is 0.410 e. The molecule has 2 saturated heterocycles. The van der Waals surface area contributed by atoms with E-state index in [-0.39, 0.29) is 48.6 Å². The highest BCUT2D eigenvalue weighted by molar-refractivity contribution is 6.74. The fraction of sp³-hybridized carbons (Fsp3) is 0.857. The fourth-order valence-electron chi connectivity index (χ4n) is 11.2. The van der Waals surface area contributed by atoms with Crippen molar-refractivity contribution in [3.05, 3.63) is 36.0 Å². The van der Waals surface area contributed by atoms with Gasteiger partial charge in [0.25, 0.3) is 0 Å². The molecule has 12 nitrogen and oxygen atoms in total. The number of cyclic esters (lactones) is 1. The molecule has 1 unspecified atom stereocenters. The minimum Gasteiger partial charge on any atom is -0.457 e. The first-order valence-corrected chi connectivity index (χ1v) is 36.1. The first kappa shape index (κ1) is 63.6. The molecule has 0 aliphatic carbocycles. The summed E-state index contributed by atoms with van der Waals surface area (Å²) in [5, 5.41) is 0. The van der Waals surface area contributed by atoms with Gasteiger partial charge in [-0.15, -0.1) is 0 Å². The number of hydrogen-bond acceptors (Lipinski definition) is 11. The number of hydrogen-bond donors (Lipinski definition) is 0. The Morgan fingerprint density at radius 1 is 0.873 bits per heavy atom. The molecule has 0 saturated carbocycles. The van der Waals surface area contributed by atoms with Gasteiger partial charge in [0.2, 0.25) is 0 Å². The van der Waals surface area contributed by atoms with Gasteiger partial charge in [-0.3, -0.25) is 4.79 Å². The molecular weight excluding hydrogens is 945 g/mol. The van der Waals surface area contributed by atoms with Crippen LogP contribution in [0.1, 0.15) is 150 Å². The second kappa shape index (κ2) is 29.6. The van der Waals surface area contributed by atoms with Crippen molar-refractivity contribution >= 4 is 37.0 Å². The lowest BCUT2D eigenvalue weighted by atomic mass is 9.88. The lowest BCUT2D eigenvalue weighted by molar-refractivity contribution is -0.222. The average molecular weight is 1050 g/mol. The molecular formula is C56H106N2O10Si3. The summed E-state index contributed by atoms with van der Waals surface area (Å²) in [6.45, 7) is 40.3. The Hall–Kier alpha value is -1.67. The molecule has 0 aromatic carbocycles. The lowest BCUT2D eigenvalue weighted by Crippen LogP contribution is -2.52.